The van der Waals surface area contributed by atoms with Crippen LogP contribution in [0, 0.1) is 0 Å². The van der Waals surface area contributed by atoms with Gasteiger partial charge in [-0.15, -0.1) is 11.3 Å². The van der Waals surface area contributed by atoms with Gasteiger partial charge in [-0.1, -0.05) is 0 Å². The smallest absolute Gasteiger partial charge is 0.271 e. The van der Waals surface area contributed by atoms with Gasteiger partial charge in [0.1, 0.15) is 5.69 Å². The quantitative estimate of drug-likeness (QED) is 0.843. The van der Waals surface area contributed by atoms with Gasteiger partial charge in [-0.25, -0.2) is 4.98 Å². The van der Waals surface area contributed by atoms with Crippen molar-refractivity contribution >= 4 is 22.9 Å². The fourth-order valence-electron chi connectivity index (χ4n) is 2.81. The van der Waals surface area contributed by atoms with Gasteiger partial charge in [-0.3, -0.25) is 9.48 Å². The monoisotopic (exact) mass is 334 g/mol. The van der Waals surface area contributed by atoms with Crippen molar-refractivity contribution in [3.63, 3.8) is 0 Å². The first-order chi connectivity index (χ1) is 11.2. The number of nitrogens with zero attached hydrogens (tertiary/aromatic N) is 4. The number of piperidine rings is 1. The molecule has 23 heavy (non-hydrogen) atoms. The highest BCUT2D eigenvalue weighted by Gasteiger charge is 2.23. The summed E-state index contributed by atoms with van der Waals surface area (Å²) in [6.07, 6.45) is 6.63. The summed E-state index contributed by atoms with van der Waals surface area (Å²) >= 11 is 1.49. The van der Waals surface area contributed by atoms with Crippen LogP contribution in [0.5, 0.6) is 0 Å². The van der Waals surface area contributed by atoms with E-state index < -0.39 is 0 Å². The van der Waals surface area contributed by atoms with E-state index in [0.717, 1.165) is 43.0 Å². The summed E-state index contributed by atoms with van der Waals surface area (Å²) in [6.45, 7) is 2.35. The Balaban J connectivity index is 1.59. The molecule has 0 aromatic carbocycles. The number of carbonyl (C=O) groups is 1. The van der Waals surface area contributed by atoms with Gasteiger partial charge in [0.2, 0.25) is 0 Å². The first-order valence-corrected chi connectivity index (χ1v) is 8.72. The molecule has 0 aliphatic carbocycles. The third-order valence-corrected chi connectivity index (χ3v) is 4.86. The van der Waals surface area contributed by atoms with Crippen LogP contribution < -0.4 is 16.0 Å². The average Bonchev–Trinajstić information content (AvgIpc) is 3.17. The molecular formula is C15H22N6OS. The van der Waals surface area contributed by atoms with Gasteiger partial charge in [0.05, 0.1) is 16.9 Å². The maximum atomic E-state index is 12.3. The van der Waals surface area contributed by atoms with Gasteiger partial charge in [0.25, 0.3) is 5.91 Å². The van der Waals surface area contributed by atoms with E-state index in [-0.39, 0.29) is 11.9 Å². The number of aromatic nitrogens is 3. The van der Waals surface area contributed by atoms with Crippen LogP contribution in [0.4, 0.5) is 5.69 Å². The Hall–Kier alpha value is -1.93. The first kappa shape index (κ1) is 15.9. The van der Waals surface area contributed by atoms with E-state index in [0.29, 0.717) is 12.2 Å². The van der Waals surface area contributed by atoms with E-state index >= 15 is 0 Å². The Bertz CT molecular complexity index is 666. The second kappa shape index (κ2) is 7.10. The number of anilines is 1. The lowest BCUT2D eigenvalue weighted by molar-refractivity contribution is 0.0928. The van der Waals surface area contributed by atoms with Crippen molar-refractivity contribution in [2.24, 2.45) is 12.8 Å². The molecule has 1 fully saturated rings. The third kappa shape index (κ3) is 3.89. The molecule has 0 bridgehead atoms. The Morgan fingerprint density at radius 1 is 1.57 bits per heavy atom. The minimum atomic E-state index is -0.0949. The van der Waals surface area contributed by atoms with E-state index in [1.165, 1.54) is 11.3 Å². The zero-order valence-corrected chi connectivity index (χ0v) is 14.1. The number of hydrogen-bond acceptors (Lipinski definition) is 6. The van der Waals surface area contributed by atoms with Gasteiger partial charge in [-0.05, 0) is 19.4 Å². The highest BCUT2D eigenvalue weighted by atomic mass is 32.1. The second-order valence-electron chi connectivity index (χ2n) is 5.80. The summed E-state index contributed by atoms with van der Waals surface area (Å²) in [5.74, 6) is -0.0949. The molecule has 0 radical (unpaired) electrons. The second-order valence-corrected chi connectivity index (χ2v) is 6.74. The maximum absolute atomic E-state index is 12.3. The number of thiazole rings is 1. The van der Waals surface area contributed by atoms with Gasteiger partial charge in [-0.2, -0.15) is 5.10 Å². The number of nitrogens with two attached hydrogens (primary N) is 1. The van der Waals surface area contributed by atoms with Crippen LogP contribution in [0.25, 0.3) is 0 Å². The first-order valence-electron chi connectivity index (χ1n) is 7.84. The summed E-state index contributed by atoms with van der Waals surface area (Å²) < 4.78 is 1.80. The molecule has 1 aliphatic heterocycles. The fourth-order valence-corrected chi connectivity index (χ4v) is 3.61. The summed E-state index contributed by atoms with van der Waals surface area (Å²) in [5.41, 5.74) is 7.12. The number of amides is 1. The molecule has 124 valence electrons. The summed E-state index contributed by atoms with van der Waals surface area (Å²) in [6, 6.07) is 0.135. The number of aryl methyl sites for hydroxylation is 1. The predicted octanol–water partition coefficient (Wildman–Crippen LogP) is 0.777. The molecule has 1 saturated heterocycles. The van der Waals surface area contributed by atoms with Crippen molar-refractivity contribution in [2.75, 3.05) is 24.5 Å². The molecule has 0 saturated carbocycles. The van der Waals surface area contributed by atoms with Crippen molar-refractivity contribution < 1.29 is 4.79 Å². The third-order valence-electron chi connectivity index (χ3n) is 3.96. The van der Waals surface area contributed by atoms with Crippen molar-refractivity contribution in [3.8, 4) is 0 Å². The zero-order chi connectivity index (χ0) is 16.2. The molecule has 3 N–H and O–H groups in total. The molecule has 2 aromatic heterocycles. The molecule has 2 aromatic rings. The van der Waals surface area contributed by atoms with E-state index in [2.05, 4.69) is 20.3 Å². The Kier molecular flexibility index (Phi) is 4.92. The van der Waals surface area contributed by atoms with Crippen LogP contribution in [0.2, 0.25) is 0 Å². The number of hydrogen-bond donors (Lipinski definition) is 2. The molecule has 1 atom stereocenters. The lowest BCUT2D eigenvalue weighted by atomic mass is 10.1. The average molecular weight is 334 g/mol. The van der Waals surface area contributed by atoms with Gasteiger partial charge < -0.3 is 16.0 Å². The van der Waals surface area contributed by atoms with Crippen LogP contribution in [0.1, 0.15) is 28.3 Å². The van der Waals surface area contributed by atoms with Crippen molar-refractivity contribution in [1.29, 1.82) is 0 Å². The van der Waals surface area contributed by atoms with Crippen LogP contribution in [-0.2, 0) is 13.5 Å². The van der Waals surface area contributed by atoms with Crippen LogP contribution in [-0.4, -0.2) is 46.3 Å². The predicted molar refractivity (Wildman–Crippen MR) is 90.8 cm³/mol. The topological polar surface area (TPSA) is 89.1 Å². The highest BCUT2D eigenvalue weighted by molar-refractivity contribution is 7.09. The van der Waals surface area contributed by atoms with E-state index in [9.17, 15) is 4.79 Å². The molecule has 8 heteroatoms. The van der Waals surface area contributed by atoms with Crippen LogP contribution in [0.15, 0.2) is 17.8 Å². The standard InChI is InChI=1S/C15H22N6OS/c1-20-9-12(7-17-20)21-6-2-3-11(8-21)18-15(22)13-10-23-14(19-13)4-5-16/h7,9-11H,2-6,8,16H2,1H3,(H,18,22). The van der Waals surface area contributed by atoms with Gasteiger partial charge in [0, 0.05) is 44.2 Å². The molecule has 7 nitrogen and oxygen atoms in total. The molecule has 3 rings (SSSR count). The molecule has 3 heterocycles. The molecule has 1 unspecified atom stereocenters. The lowest BCUT2D eigenvalue weighted by Gasteiger charge is -2.33. The Morgan fingerprint density at radius 3 is 3.17 bits per heavy atom. The molecule has 1 aliphatic rings. The Morgan fingerprint density at radius 2 is 2.43 bits per heavy atom. The largest absolute Gasteiger partial charge is 0.367 e. The lowest BCUT2D eigenvalue weighted by Crippen LogP contribution is -2.47. The van der Waals surface area contributed by atoms with Gasteiger partial charge in [0.15, 0.2) is 0 Å². The summed E-state index contributed by atoms with van der Waals surface area (Å²) in [5, 5.41) is 10.0. The number of carbonyl (C=O) groups excluding carboxylic acids is 1. The minimum absolute atomic E-state index is 0.0949. The van der Waals surface area contributed by atoms with Crippen molar-refractivity contribution in [3.05, 3.63) is 28.5 Å². The molecule has 1 amide bonds. The molecule has 0 spiro atoms. The summed E-state index contributed by atoms with van der Waals surface area (Å²) in [4.78, 5) is 19.0. The number of rotatable bonds is 5. The molecular weight excluding hydrogens is 312 g/mol. The Labute approximate surface area is 139 Å². The fraction of sp³-hybridized carbons (Fsp3) is 0.533. The maximum Gasteiger partial charge on any atom is 0.271 e. The zero-order valence-electron chi connectivity index (χ0n) is 13.2. The van der Waals surface area contributed by atoms with Crippen molar-refractivity contribution in [1.82, 2.24) is 20.1 Å². The highest BCUT2D eigenvalue weighted by Crippen LogP contribution is 2.19. The van der Waals surface area contributed by atoms with E-state index in [4.69, 9.17) is 5.73 Å². The van der Waals surface area contributed by atoms with Crippen LogP contribution in [0.3, 0.4) is 0 Å². The minimum Gasteiger partial charge on any atom is -0.367 e. The number of nitrogens with one attached hydrogen (secondary N) is 1. The summed E-state index contributed by atoms with van der Waals surface area (Å²) in [7, 11) is 1.91. The van der Waals surface area contributed by atoms with E-state index in [1.54, 1.807) is 4.68 Å². The normalized spacial score (nSPS) is 18.2. The van der Waals surface area contributed by atoms with Crippen LogP contribution >= 0.6 is 11.3 Å². The van der Waals surface area contributed by atoms with E-state index in [1.807, 2.05) is 24.8 Å². The van der Waals surface area contributed by atoms with Gasteiger partial charge >= 0.3 is 0 Å². The SMILES string of the molecule is Cn1cc(N2CCCC(NC(=O)c3csc(CCN)n3)C2)cn1. The van der Waals surface area contributed by atoms with Crippen molar-refractivity contribution in [2.45, 2.75) is 25.3 Å².